The molecule has 1 amide bonds. The third-order valence-corrected chi connectivity index (χ3v) is 4.72. The summed E-state index contributed by atoms with van der Waals surface area (Å²) in [6.07, 6.45) is 9.14. The maximum Gasteiger partial charge on any atom is 0.264 e. The standard InChI is InChI=1S/C19H21N7O/c1-20-16-13-26(19-21-7-4-8-22-19)18(27)15(16)12-23-14-5-6-17(24-11-14)25-9-2-3-10-25/h4-8,11-12,23H,2-3,9-10,13H2,1H3/b15-12+,20-16-. The van der Waals surface area contributed by atoms with Crippen molar-refractivity contribution in [1.82, 2.24) is 15.0 Å². The van der Waals surface area contributed by atoms with E-state index in [1.165, 1.54) is 17.7 Å². The SMILES string of the molecule is C/N=C1/CN(c2ncccn2)C(=O)/C1=C/Nc1ccc(N2CCCC2)nc1. The Balaban J connectivity index is 1.50. The average Bonchev–Trinajstić information content (AvgIpc) is 3.36. The molecule has 8 heteroatoms. The molecule has 0 saturated carbocycles. The number of hydrogen-bond acceptors (Lipinski definition) is 7. The molecule has 1 N–H and O–H groups in total. The lowest BCUT2D eigenvalue weighted by Gasteiger charge is -2.16. The largest absolute Gasteiger partial charge is 0.360 e. The molecule has 2 fully saturated rings. The topological polar surface area (TPSA) is 86.6 Å². The van der Waals surface area contributed by atoms with Crippen LogP contribution in [0.25, 0.3) is 0 Å². The third kappa shape index (κ3) is 3.51. The Kier molecular flexibility index (Phi) is 4.78. The number of pyridine rings is 1. The molecule has 2 aromatic rings. The van der Waals surface area contributed by atoms with E-state index in [1.54, 1.807) is 37.9 Å². The van der Waals surface area contributed by atoms with E-state index in [2.05, 4.69) is 30.2 Å². The van der Waals surface area contributed by atoms with Gasteiger partial charge in [-0.05, 0) is 31.0 Å². The Morgan fingerprint density at radius 1 is 1.15 bits per heavy atom. The molecule has 0 atom stereocenters. The van der Waals surface area contributed by atoms with E-state index in [-0.39, 0.29) is 5.91 Å². The molecule has 4 heterocycles. The number of aliphatic imine (C=N–C) groups is 1. The van der Waals surface area contributed by atoms with Crippen LogP contribution in [0.4, 0.5) is 17.5 Å². The molecule has 138 valence electrons. The van der Waals surface area contributed by atoms with Gasteiger partial charge in [-0.3, -0.25) is 14.7 Å². The van der Waals surface area contributed by atoms with Crippen molar-refractivity contribution >= 4 is 29.1 Å². The number of anilines is 3. The molecule has 2 saturated heterocycles. The summed E-state index contributed by atoms with van der Waals surface area (Å²) in [4.78, 5) is 33.6. The maximum absolute atomic E-state index is 12.8. The highest BCUT2D eigenvalue weighted by Gasteiger charge is 2.34. The summed E-state index contributed by atoms with van der Waals surface area (Å²) in [7, 11) is 1.68. The summed E-state index contributed by atoms with van der Waals surface area (Å²) in [6, 6.07) is 5.69. The quantitative estimate of drug-likeness (QED) is 0.835. The van der Waals surface area contributed by atoms with E-state index in [4.69, 9.17) is 0 Å². The van der Waals surface area contributed by atoms with Crippen molar-refractivity contribution < 1.29 is 4.79 Å². The number of nitrogens with one attached hydrogen (secondary N) is 1. The number of nitrogens with zero attached hydrogens (tertiary/aromatic N) is 6. The van der Waals surface area contributed by atoms with Gasteiger partial charge >= 0.3 is 0 Å². The highest BCUT2D eigenvalue weighted by molar-refractivity contribution is 6.33. The predicted octanol–water partition coefficient (Wildman–Crippen LogP) is 1.89. The highest BCUT2D eigenvalue weighted by Crippen LogP contribution is 2.22. The molecule has 27 heavy (non-hydrogen) atoms. The number of hydrogen-bond donors (Lipinski definition) is 1. The first-order valence-corrected chi connectivity index (χ1v) is 8.99. The minimum atomic E-state index is -0.170. The normalized spacial score (nSPS) is 20.1. The summed E-state index contributed by atoms with van der Waals surface area (Å²) in [6.45, 7) is 2.48. The van der Waals surface area contributed by atoms with Gasteiger partial charge in [-0.1, -0.05) is 0 Å². The first-order chi connectivity index (χ1) is 13.3. The van der Waals surface area contributed by atoms with E-state index >= 15 is 0 Å². The monoisotopic (exact) mass is 363 g/mol. The number of amides is 1. The van der Waals surface area contributed by atoms with Gasteiger partial charge < -0.3 is 10.2 Å². The molecule has 2 aromatic heterocycles. The van der Waals surface area contributed by atoms with Crippen LogP contribution in [-0.2, 0) is 4.79 Å². The van der Waals surface area contributed by atoms with E-state index in [0.29, 0.717) is 23.8 Å². The molecule has 0 spiro atoms. The molecular formula is C19H21N7O. The minimum absolute atomic E-state index is 0.170. The fourth-order valence-corrected chi connectivity index (χ4v) is 3.26. The molecule has 8 nitrogen and oxygen atoms in total. The molecule has 0 aromatic carbocycles. The van der Waals surface area contributed by atoms with E-state index in [9.17, 15) is 4.79 Å². The molecule has 0 aliphatic carbocycles. The number of rotatable bonds is 4. The summed E-state index contributed by atoms with van der Waals surface area (Å²) in [5, 5.41) is 3.16. The van der Waals surface area contributed by atoms with Crippen molar-refractivity contribution in [2.75, 3.05) is 41.8 Å². The van der Waals surface area contributed by atoms with Gasteiger partial charge in [0.1, 0.15) is 5.82 Å². The van der Waals surface area contributed by atoms with Crippen LogP contribution in [0.15, 0.2) is 53.6 Å². The molecule has 0 bridgehead atoms. The molecule has 2 aliphatic heterocycles. The van der Waals surface area contributed by atoms with Crippen LogP contribution in [0.3, 0.4) is 0 Å². The fraction of sp³-hybridized carbons (Fsp3) is 0.316. The predicted molar refractivity (Wildman–Crippen MR) is 105 cm³/mol. The van der Waals surface area contributed by atoms with Gasteiger partial charge in [0.25, 0.3) is 5.91 Å². The van der Waals surface area contributed by atoms with Crippen LogP contribution in [-0.4, -0.2) is 53.3 Å². The van der Waals surface area contributed by atoms with Crippen molar-refractivity contribution in [1.29, 1.82) is 0 Å². The Bertz CT molecular complexity index is 871. The second-order valence-electron chi connectivity index (χ2n) is 6.41. The number of carbonyl (C=O) groups excluding carboxylic acids is 1. The smallest absolute Gasteiger partial charge is 0.264 e. The molecule has 0 radical (unpaired) electrons. The number of carbonyl (C=O) groups is 1. The van der Waals surface area contributed by atoms with Crippen LogP contribution in [0.5, 0.6) is 0 Å². The van der Waals surface area contributed by atoms with Gasteiger partial charge in [-0.25, -0.2) is 15.0 Å². The zero-order valence-corrected chi connectivity index (χ0v) is 15.2. The average molecular weight is 363 g/mol. The Labute approximate surface area is 157 Å². The lowest BCUT2D eigenvalue weighted by atomic mass is 10.2. The second kappa shape index (κ2) is 7.53. The lowest BCUT2D eigenvalue weighted by Crippen LogP contribution is -2.26. The lowest BCUT2D eigenvalue weighted by molar-refractivity contribution is -0.114. The summed E-state index contributed by atoms with van der Waals surface area (Å²) < 4.78 is 0. The van der Waals surface area contributed by atoms with Crippen molar-refractivity contribution in [2.45, 2.75) is 12.8 Å². The summed E-state index contributed by atoms with van der Waals surface area (Å²) in [5.74, 6) is 1.20. The van der Waals surface area contributed by atoms with Crippen molar-refractivity contribution in [3.05, 3.63) is 48.6 Å². The molecule has 2 aliphatic rings. The molecule has 4 rings (SSSR count). The maximum atomic E-state index is 12.8. The van der Waals surface area contributed by atoms with Crippen LogP contribution < -0.4 is 15.1 Å². The van der Waals surface area contributed by atoms with Crippen LogP contribution in [0.1, 0.15) is 12.8 Å². The first kappa shape index (κ1) is 17.1. The van der Waals surface area contributed by atoms with Gasteiger partial charge in [-0.15, -0.1) is 0 Å². The van der Waals surface area contributed by atoms with Crippen molar-refractivity contribution in [3.8, 4) is 0 Å². The Hall–Kier alpha value is -3.29. The highest BCUT2D eigenvalue weighted by atomic mass is 16.2. The Morgan fingerprint density at radius 3 is 2.59 bits per heavy atom. The van der Waals surface area contributed by atoms with Gasteiger partial charge in [0.05, 0.1) is 29.7 Å². The second-order valence-corrected chi connectivity index (χ2v) is 6.41. The van der Waals surface area contributed by atoms with Crippen LogP contribution in [0.2, 0.25) is 0 Å². The zero-order valence-electron chi connectivity index (χ0n) is 15.2. The fourth-order valence-electron chi connectivity index (χ4n) is 3.26. The van der Waals surface area contributed by atoms with E-state index < -0.39 is 0 Å². The number of aromatic nitrogens is 3. The van der Waals surface area contributed by atoms with E-state index in [1.807, 2.05) is 12.1 Å². The zero-order chi connectivity index (χ0) is 18.6. The third-order valence-electron chi connectivity index (χ3n) is 4.72. The van der Waals surface area contributed by atoms with Gasteiger partial charge in [-0.2, -0.15) is 0 Å². The summed E-state index contributed by atoms with van der Waals surface area (Å²) >= 11 is 0. The van der Waals surface area contributed by atoms with Gasteiger partial charge in [0.15, 0.2) is 0 Å². The van der Waals surface area contributed by atoms with Crippen LogP contribution in [0, 0.1) is 0 Å². The van der Waals surface area contributed by atoms with Crippen LogP contribution >= 0.6 is 0 Å². The Morgan fingerprint density at radius 2 is 1.93 bits per heavy atom. The molecular weight excluding hydrogens is 342 g/mol. The molecule has 0 unspecified atom stereocenters. The summed E-state index contributed by atoms with van der Waals surface area (Å²) in [5.41, 5.74) is 2.03. The van der Waals surface area contributed by atoms with E-state index in [0.717, 1.165) is 24.6 Å². The van der Waals surface area contributed by atoms with Gasteiger partial charge in [0, 0.05) is 38.7 Å². The first-order valence-electron chi connectivity index (χ1n) is 8.99. The van der Waals surface area contributed by atoms with Crippen molar-refractivity contribution in [2.24, 2.45) is 4.99 Å². The van der Waals surface area contributed by atoms with Crippen molar-refractivity contribution in [3.63, 3.8) is 0 Å². The van der Waals surface area contributed by atoms with Gasteiger partial charge in [0.2, 0.25) is 5.95 Å². The minimum Gasteiger partial charge on any atom is -0.360 e.